The Balaban J connectivity index is 2.25. The Bertz CT molecular complexity index is 387. The molecule has 0 aromatic heterocycles. The molecule has 2 nitrogen and oxygen atoms in total. The minimum Gasteiger partial charge on any atom is -0.479 e. The molecule has 0 amide bonds. The molecule has 86 valence electrons. The van der Waals surface area contributed by atoms with Crippen molar-refractivity contribution in [2.75, 3.05) is 0 Å². The maximum Gasteiger partial charge on any atom is 0.338 e. The Hall–Kier alpha value is -1.09. The van der Waals surface area contributed by atoms with E-state index in [1.54, 1.807) is 24.3 Å². The van der Waals surface area contributed by atoms with Gasteiger partial charge in [-0.05, 0) is 36.5 Å². The summed E-state index contributed by atoms with van der Waals surface area (Å²) in [5.74, 6) is -1.76. The molecule has 1 fully saturated rings. The Morgan fingerprint density at radius 2 is 1.94 bits per heavy atom. The zero-order chi connectivity index (χ0) is 11.7. The van der Waals surface area contributed by atoms with Crippen LogP contribution in [0.5, 0.6) is 0 Å². The summed E-state index contributed by atoms with van der Waals surface area (Å²) in [5, 5.41) is 9.32. The van der Waals surface area contributed by atoms with Gasteiger partial charge in [0, 0.05) is 10.9 Å². The van der Waals surface area contributed by atoms with Gasteiger partial charge in [-0.15, -0.1) is 0 Å². The van der Waals surface area contributed by atoms with Crippen molar-refractivity contribution in [1.29, 1.82) is 0 Å². The molecule has 0 heterocycles. The van der Waals surface area contributed by atoms with Crippen molar-refractivity contribution >= 4 is 17.6 Å². The number of hydrogen-bond acceptors (Lipinski definition) is 1. The van der Waals surface area contributed by atoms with Crippen LogP contribution in [0.4, 0.5) is 4.39 Å². The molecule has 16 heavy (non-hydrogen) atoms. The summed E-state index contributed by atoms with van der Waals surface area (Å²) >= 11 is 5.74. The van der Waals surface area contributed by atoms with Crippen LogP contribution >= 0.6 is 11.6 Å². The first-order valence-electron chi connectivity index (χ1n) is 5.22. The molecule has 4 heteroatoms. The highest BCUT2D eigenvalue weighted by Gasteiger charge is 2.41. The average molecular weight is 243 g/mol. The molecule has 1 N–H and O–H groups in total. The van der Waals surface area contributed by atoms with Crippen LogP contribution in [0.25, 0.3) is 0 Å². The van der Waals surface area contributed by atoms with Gasteiger partial charge in [0.2, 0.25) is 6.17 Å². The highest BCUT2D eigenvalue weighted by atomic mass is 35.5. The SMILES string of the molecule is O=C(O)C(F)[C@@H](c1ccc(Cl)cc1)C1CC1. The number of benzene rings is 1. The van der Waals surface area contributed by atoms with Gasteiger partial charge in [0.15, 0.2) is 0 Å². The first-order chi connectivity index (χ1) is 7.59. The fourth-order valence-electron chi connectivity index (χ4n) is 1.97. The van der Waals surface area contributed by atoms with Crippen LogP contribution in [0, 0.1) is 5.92 Å². The number of alkyl halides is 1. The van der Waals surface area contributed by atoms with Gasteiger partial charge < -0.3 is 5.11 Å². The van der Waals surface area contributed by atoms with Crippen LogP contribution < -0.4 is 0 Å². The zero-order valence-electron chi connectivity index (χ0n) is 8.57. The van der Waals surface area contributed by atoms with Crippen molar-refractivity contribution in [2.45, 2.75) is 24.9 Å². The standard InChI is InChI=1S/C12H12ClFO2/c13-9-5-3-8(4-6-9)10(7-1-2-7)11(14)12(15)16/h3-7,10-11H,1-2H2,(H,15,16)/t10-,11?/m1/s1. The van der Waals surface area contributed by atoms with Crippen LogP contribution in [0.15, 0.2) is 24.3 Å². The van der Waals surface area contributed by atoms with Crippen LogP contribution in [-0.4, -0.2) is 17.2 Å². The predicted octanol–water partition coefficient (Wildman–Crippen LogP) is 3.26. The molecule has 2 rings (SSSR count). The van der Waals surface area contributed by atoms with Crippen LogP contribution in [-0.2, 0) is 4.79 Å². The van der Waals surface area contributed by atoms with E-state index < -0.39 is 18.1 Å². The number of aliphatic carboxylic acids is 1. The van der Waals surface area contributed by atoms with Crippen molar-refractivity contribution in [3.05, 3.63) is 34.9 Å². The minimum absolute atomic E-state index is 0.160. The predicted molar refractivity (Wildman–Crippen MR) is 59.4 cm³/mol. The van der Waals surface area contributed by atoms with Gasteiger partial charge in [0.05, 0.1) is 0 Å². The molecule has 1 unspecified atom stereocenters. The molecule has 1 saturated carbocycles. The van der Waals surface area contributed by atoms with E-state index in [1.807, 2.05) is 0 Å². The maximum absolute atomic E-state index is 13.6. The van der Waals surface area contributed by atoms with Crippen molar-refractivity contribution < 1.29 is 14.3 Å². The van der Waals surface area contributed by atoms with Gasteiger partial charge in [-0.1, -0.05) is 23.7 Å². The minimum atomic E-state index is -1.83. The molecule has 0 saturated heterocycles. The fourth-order valence-corrected chi connectivity index (χ4v) is 2.10. The summed E-state index contributed by atoms with van der Waals surface area (Å²) in [4.78, 5) is 10.7. The molecular weight excluding hydrogens is 231 g/mol. The smallest absolute Gasteiger partial charge is 0.338 e. The van der Waals surface area contributed by atoms with E-state index in [2.05, 4.69) is 0 Å². The normalized spacial score (nSPS) is 19.1. The summed E-state index contributed by atoms with van der Waals surface area (Å²) in [5.41, 5.74) is 0.724. The largest absolute Gasteiger partial charge is 0.479 e. The number of rotatable bonds is 4. The molecule has 1 aliphatic carbocycles. The highest BCUT2D eigenvalue weighted by molar-refractivity contribution is 6.30. The van der Waals surface area contributed by atoms with Crippen molar-refractivity contribution in [1.82, 2.24) is 0 Å². The van der Waals surface area contributed by atoms with E-state index in [4.69, 9.17) is 16.7 Å². The molecule has 1 aromatic carbocycles. The number of carboxylic acids is 1. The van der Waals surface area contributed by atoms with E-state index in [9.17, 15) is 9.18 Å². The van der Waals surface area contributed by atoms with Crippen LogP contribution in [0.3, 0.4) is 0 Å². The highest BCUT2D eigenvalue weighted by Crippen LogP contribution is 2.45. The first-order valence-corrected chi connectivity index (χ1v) is 5.59. The molecule has 0 aliphatic heterocycles. The summed E-state index contributed by atoms with van der Waals surface area (Å²) in [7, 11) is 0. The second kappa shape index (κ2) is 4.42. The molecule has 0 radical (unpaired) electrons. The third-order valence-electron chi connectivity index (χ3n) is 2.94. The van der Waals surface area contributed by atoms with Gasteiger partial charge >= 0.3 is 5.97 Å². The zero-order valence-corrected chi connectivity index (χ0v) is 9.32. The average Bonchev–Trinajstić information content (AvgIpc) is 3.05. The van der Waals surface area contributed by atoms with E-state index in [1.165, 1.54) is 0 Å². The van der Waals surface area contributed by atoms with Gasteiger partial charge in [0.1, 0.15) is 0 Å². The lowest BCUT2D eigenvalue weighted by Gasteiger charge is -2.18. The van der Waals surface area contributed by atoms with Crippen LogP contribution in [0.2, 0.25) is 5.02 Å². The molecule has 1 aliphatic rings. The van der Waals surface area contributed by atoms with E-state index >= 15 is 0 Å². The van der Waals surface area contributed by atoms with Gasteiger partial charge in [0.25, 0.3) is 0 Å². The molecule has 0 bridgehead atoms. The summed E-state index contributed by atoms with van der Waals surface area (Å²) in [6, 6.07) is 6.75. The van der Waals surface area contributed by atoms with Gasteiger partial charge in [-0.2, -0.15) is 0 Å². The van der Waals surface area contributed by atoms with E-state index in [-0.39, 0.29) is 5.92 Å². The third kappa shape index (κ3) is 2.35. The van der Waals surface area contributed by atoms with Crippen molar-refractivity contribution in [3.8, 4) is 0 Å². The quantitative estimate of drug-likeness (QED) is 0.880. The molecule has 0 spiro atoms. The number of hydrogen-bond donors (Lipinski definition) is 1. The van der Waals surface area contributed by atoms with Crippen molar-refractivity contribution in [3.63, 3.8) is 0 Å². The third-order valence-corrected chi connectivity index (χ3v) is 3.19. The lowest BCUT2D eigenvalue weighted by molar-refractivity contribution is -0.143. The maximum atomic E-state index is 13.6. The second-order valence-electron chi connectivity index (χ2n) is 4.15. The summed E-state index contributed by atoms with van der Waals surface area (Å²) < 4.78 is 13.6. The Kier molecular flexibility index (Phi) is 3.15. The molecule has 2 atom stereocenters. The number of halogens is 2. The van der Waals surface area contributed by atoms with E-state index in [0.717, 1.165) is 18.4 Å². The van der Waals surface area contributed by atoms with Crippen LogP contribution in [0.1, 0.15) is 24.3 Å². The van der Waals surface area contributed by atoms with E-state index in [0.29, 0.717) is 5.02 Å². The monoisotopic (exact) mass is 242 g/mol. The fraction of sp³-hybridized carbons (Fsp3) is 0.417. The first kappa shape index (κ1) is 11.4. The van der Waals surface area contributed by atoms with Gasteiger partial charge in [-0.25, -0.2) is 9.18 Å². The molecular formula is C12H12ClFO2. The second-order valence-corrected chi connectivity index (χ2v) is 4.59. The number of carbonyl (C=O) groups is 1. The lowest BCUT2D eigenvalue weighted by Crippen LogP contribution is -2.25. The summed E-state index contributed by atoms with van der Waals surface area (Å²) in [6.07, 6.45) is -0.0178. The molecule has 1 aromatic rings. The Morgan fingerprint density at radius 3 is 2.38 bits per heavy atom. The lowest BCUT2D eigenvalue weighted by atomic mass is 9.90. The number of carboxylic acid groups (broad SMARTS) is 1. The Morgan fingerprint density at radius 1 is 1.38 bits per heavy atom. The topological polar surface area (TPSA) is 37.3 Å². The van der Waals surface area contributed by atoms with Gasteiger partial charge in [-0.3, -0.25) is 0 Å². The van der Waals surface area contributed by atoms with Crippen molar-refractivity contribution in [2.24, 2.45) is 5.92 Å². The summed E-state index contributed by atoms with van der Waals surface area (Å²) in [6.45, 7) is 0. The Labute approximate surface area is 98.0 Å².